The number of alkyl halides is 2. The minimum absolute atomic E-state index is 0.110. The standard InChI is InChI=1S/C9H7F3N2O4/c1-2-18-9(15)7-6(10)5(8(11)12)4(3-13-7)14(16)17/h3,8H,2H2,1H3. The molecule has 9 heteroatoms. The summed E-state index contributed by atoms with van der Waals surface area (Å²) in [5.74, 6) is -3.00. The number of nitro groups is 1. The van der Waals surface area contributed by atoms with Crippen LogP contribution in [0.25, 0.3) is 0 Å². The molecule has 0 bridgehead atoms. The van der Waals surface area contributed by atoms with Crippen LogP contribution in [0.1, 0.15) is 29.4 Å². The molecule has 0 aromatic carbocycles. The molecule has 0 spiro atoms. The lowest BCUT2D eigenvalue weighted by atomic mass is 10.2. The van der Waals surface area contributed by atoms with Gasteiger partial charge in [0.15, 0.2) is 11.5 Å². The van der Waals surface area contributed by atoms with Crippen LogP contribution in [0.2, 0.25) is 0 Å². The van der Waals surface area contributed by atoms with Crippen molar-refractivity contribution in [3.8, 4) is 0 Å². The molecule has 6 nitrogen and oxygen atoms in total. The first-order valence-corrected chi connectivity index (χ1v) is 4.68. The average molecular weight is 264 g/mol. The van der Waals surface area contributed by atoms with Gasteiger partial charge in [0, 0.05) is 0 Å². The van der Waals surface area contributed by atoms with Gasteiger partial charge in [-0.25, -0.2) is 22.9 Å². The van der Waals surface area contributed by atoms with Crippen LogP contribution in [-0.2, 0) is 4.74 Å². The second kappa shape index (κ2) is 5.43. The number of aromatic nitrogens is 1. The number of carbonyl (C=O) groups is 1. The Morgan fingerprint density at radius 2 is 2.22 bits per heavy atom. The first-order chi connectivity index (χ1) is 8.40. The molecule has 98 valence electrons. The predicted molar refractivity (Wildman–Crippen MR) is 51.8 cm³/mol. The Hall–Kier alpha value is -2.19. The molecule has 1 rings (SSSR count). The van der Waals surface area contributed by atoms with Crippen LogP contribution in [0, 0.1) is 15.9 Å². The molecule has 1 aromatic heterocycles. The second-order valence-electron chi connectivity index (χ2n) is 3.00. The molecule has 0 radical (unpaired) electrons. The molecule has 0 fully saturated rings. The van der Waals surface area contributed by atoms with E-state index >= 15 is 0 Å². The van der Waals surface area contributed by atoms with E-state index < -0.39 is 40.1 Å². The third-order valence-corrected chi connectivity index (χ3v) is 1.92. The van der Waals surface area contributed by atoms with E-state index in [2.05, 4.69) is 9.72 Å². The van der Waals surface area contributed by atoms with Gasteiger partial charge in [-0.1, -0.05) is 0 Å². The molecule has 1 aromatic rings. The summed E-state index contributed by atoms with van der Waals surface area (Å²) < 4.78 is 43.1. The molecule has 0 aliphatic heterocycles. The third-order valence-electron chi connectivity index (χ3n) is 1.92. The Kier molecular flexibility index (Phi) is 4.18. The van der Waals surface area contributed by atoms with Crippen LogP contribution < -0.4 is 0 Å². The fraction of sp³-hybridized carbons (Fsp3) is 0.333. The molecule has 0 aliphatic rings. The molecule has 0 unspecified atom stereocenters. The van der Waals surface area contributed by atoms with E-state index in [1.54, 1.807) is 0 Å². The van der Waals surface area contributed by atoms with Crippen molar-refractivity contribution in [1.29, 1.82) is 0 Å². The van der Waals surface area contributed by atoms with Crippen molar-refractivity contribution in [1.82, 2.24) is 4.98 Å². The largest absolute Gasteiger partial charge is 0.461 e. The molecule has 0 N–H and O–H groups in total. The summed E-state index contributed by atoms with van der Waals surface area (Å²) >= 11 is 0. The smallest absolute Gasteiger partial charge is 0.360 e. The molecule has 0 saturated carbocycles. The minimum Gasteiger partial charge on any atom is -0.461 e. The highest BCUT2D eigenvalue weighted by molar-refractivity contribution is 5.88. The lowest BCUT2D eigenvalue weighted by molar-refractivity contribution is -0.386. The van der Waals surface area contributed by atoms with Gasteiger partial charge < -0.3 is 4.74 Å². The molecular formula is C9H7F3N2O4. The lowest BCUT2D eigenvalue weighted by Crippen LogP contribution is -2.13. The van der Waals surface area contributed by atoms with E-state index in [4.69, 9.17) is 0 Å². The van der Waals surface area contributed by atoms with Crippen molar-refractivity contribution in [2.45, 2.75) is 13.3 Å². The van der Waals surface area contributed by atoms with Gasteiger partial charge in [0.1, 0.15) is 11.8 Å². The van der Waals surface area contributed by atoms with Crippen molar-refractivity contribution in [3.63, 3.8) is 0 Å². The van der Waals surface area contributed by atoms with Crippen LogP contribution in [0.4, 0.5) is 18.9 Å². The maximum absolute atomic E-state index is 13.6. The van der Waals surface area contributed by atoms with Crippen LogP contribution >= 0.6 is 0 Å². The molecule has 0 saturated heterocycles. The number of hydrogen-bond acceptors (Lipinski definition) is 5. The Labute approximate surface area is 98.5 Å². The van der Waals surface area contributed by atoms with Crippen LogP contribution in [-0.4, -0.2) is 22.5 Å². The summed E-state index contributed by atoms with van der Waals surface area (Å²) in [6, 6.07) is 0. The van der Waals surface area contributed by atoms with Crippen molar-refractivity contribution in [3.05, 3.63) is 33.4 Å². The predicted octanol–water partition coefficient (Wildman–Crippen LogP) is 2.24. The Morgan fingerprint density at radius 1 is 1.61 bits per heavy atom. The summed E-state index contributed by atoms with van der Waals surface area (Å²) in [4.78, 5) is 23.6. The van der Waals surface area contributed by atoms with Crippen molar-refractivity contribution < 1.29 is 27.6 Å². The van der Waals surface area contributed by atoms with E-state index in [1.165, 1.54) is 6.92 Å². The Balaban J connectivity index is 3.39. The summed E-state index contributed by atoms with van der Waals surface area (Å²) in [6.45, 7) is 1.32. The van der Waals surface area contributed by atoms with Gasteiger partial charge in [0.05, 0.1) is 11.5 Å². The molecule has 0 aliphatic carbocycles. The van der Waals surface area contributed by atoms with Gasteiger partial charge in [-0.15, -0.1) is 0 Å². The number of rotatable bonds is 4. The summed E-state index contributed by atoms with van der Waals surface area (Å²) in [6.07, 6.45) is -3.04. The number of carbonyl (C=O) groups excluding carboxylic acids is 1. The fourth-order valence-electron chi connectivity index (χ4n) is 1.19. The van der Waals surface area contributed by atoms with Crippen LogP contribution in [0.5, 0.6) is 0 Å². The van der Waals surface area contributed by atoms with Gasteiger partial charge in [-0.3, -0.25) is 10.1 Å². The van der Waals surface area contributed by atoms with E-state index in [0.717, 1.165) is 0 Å². The number of halogens is 3. The molecule has 1 heterocycles. The van der Waals surface area contributed by atoms with Crippen LogP contribution in [0.3, 0.4) is 0 Å². The first kappa shape index (κ1) is 13.9. The quantitative estimate of drug-likeness (QED) is 0.473. The zero-order valence-corrected chi connectivity index (χ0v) is 9.02. The summed E-state index contributed by atoms with van der Waals surface area (Å²) in [7, 11) is 0. The highest BCUT2D eigenvalue weighted by Gasteiger charge is 2.31. The maximum Gasteiger partial charge on any atom is 0.360 e. The van der Waals surface area contributed by atoms with E-state index in [9.17, 15) is 28.1 Å². The SMILES string of the molecule is CCOC(=O)c1ncc([N+](=O)[O-])c(C(F)F)c1F. The fourth-order valence-corrected chi connectivity index (χ4v) is 1.19. The normalized spacial score (nSPS) is 10.5. The number of ether oxygens (including phenoxy) is 1. The minimum atomic E-state index is -3.44. The highest BCUT2D eigenvalue weighted by atomic mass is 19.3. The topological polar surface area (TPSA) is 82.3 Å². The van der Waals surface area contributed by atoms with Crippen molar-refractivity contribution in [2.75, 3.05) is 6.61 Å². The van der Waals surface area contributed by atoms with Crippen molar-refractivity contribution in [2.24, 2.45) is 0 Å². The number of hydrogen-bond donors (Lipinski definition) is 0. The first-order valence-electron chi connectivity index (χ1n) is 4.68. The summed E-state index contributed by atoms with van der Waals surface area (Å²) in [5, 5.41) is 10.4. The third kappa shape index (κ3) is 2.55. The van der Waals surface area contributed by atoms with E-state index in [-0.39, 0.29) is 6.61 Å². The Morgan fingerprint density at radius 3 is 2.67 bits per heavy atom. The molecule has 0 amide bonds. The molecule has 0 atom stereocenters. The monoisotopic (exact) mass is 264 g/mol. The summed E-state index contributed by atoms with van der Waals surface area (Å²) in [5.41, 5.74) is -3.66. The second-order valence-corrected chi connectivity index (χ2v) is 3.00. The van der Waals surface area contributed by atoms with Gasteiger partial charge in [-0.2, -0.15) is 0 Å². The zero-order valence-electron chi connectivity index (χ0n) is 9.02. The number of nitrogens with zero attached hydrogens (tertiary/aromatic N) is 2. The number of pyridine rings is 1. The number of esters is 1. The lowest BCUT2D eigenvalue weighted by Gasteiger charge is -2.06. The van der Waals surface area contributed by atoms with Crippen LogP contribution in [0.15, 0.2) is 6.20 Å². The van der Waals surface area contributed by atoms with E-state index in [1.807, 2.05) is 0 Å². The van der Waals surface area contributed by atoms with Crippen molar-refractivity contribution >= 4 is 11.7 Å². The highest BCUT2D eigenvalue weighted by Crippen LogP contribution is 2.31. The molecule has 18 heavy (non-hydrogen) atoms. The average Bonchev–Trinajstić information content (AvgIpc) is 2.27. The van der Waals surface area contributed by atoms with E-state index in [0.29, 0.717) is 6.20 Å². The molecular weight excluding hydrogens is 257 g/mol. The van der Waals surface area contributed by atoms with Gasteiger partial charge >= 0.3 is 5.97 Å². The van der Waals surface area contributed by atoms with Gasteiger partial charge in [0.25, 0.3) is 12.1 Å². The maximum atomic E-state index is 13.6. The van der Waals surface area contributed by atoms with Gasteiger partial charge in [0.2, 0.25) is 0 Å². The van der Waals surface area contributed by atoms with Gasteiger partial charge in [-0.05, 0) is 6.92 Å². The zero-order chi connectivity index (χ0) is 13.9. The Bertz CT molecular complexity index is 493.